The van der Waals surface area contributed by atoms with Gasteiger partial charge in [0.25, 0.3) is 5.91 Å². The first-order chi connectivity index (χ1) is 10.6. The zero-order valence-corrected chi connectivity index (χ0v) is 12.4. The molecule has 1 aromatic heterocycles. The molecule has 2 heterocycles. The predicted molar refractivity (Wildman–Crippen MR) is 81.0 cm³/mol. The van der Waals surface area contributed by atoms with E-state index in [1.54, 1.807) is 35.7 Å². The fraction of sp³-hybridized carbons (Fsp3) is 0.188. The van der Waals surface area contributed by atoms with E-state index < -0.39 is 18.0 Å². The van der Waals surface area contributed by atoms with Gasteiger partial charge in [-0.1, -0.05) is 24.3 Å². The average molecular weight is 315 g/mol. The molecule has 1 atom stereocenters. The average Bonchev–Trinajstić information content (AvgIpc) is 3.06. The van der Waals surface area contributed by atoms with Crippen molar-refractivity contribution in [3.05, 3.63) is 57.8 Å². The molecule has 1 aromatic carbocycles. The Morgan fingerprint density at radius 1 is 1.23 bits per heavy atom. The summed E-state index contributed by atoms with van der Waals surface area (Å²) in [5, 5.41) is 4.33. The second kappa shape index (κ2) is 6.11. The molecule has 0 saturated carbocycles. The predicted octanol–water partition coefficient (Wildman–Crippen LogP) is 1.83. The van der Waals surface area contributed by atoms with Crippen molar-refractivity contribution in [2.75, 3.05) is 6.54 Å². The summed E-state index contributed by atoms with van der Waals surface area (Å²) in [6.45, 7) is -0.102. The summed E-state index contributed by atoms with van der Waals surface area (Å²) in [6.07, 6.45) is -0.570. The largest absolute Gasteiger partial charge is 0.448 e. The van der Waals surface area contributed by atoms with Gasteiger partial charge in [0.1, 0.15) is 0 Å². The van der Waals surface area contributed by atoms with Crippen LogP contribution >= 0.6 is 11.3 Å². The van der Waals surface area contributed by atoms with Gasteiger partial charge < -0.3 is 10.1 Å². The number of amides is 1. The topological polar surface area (TPSA) is 72.5 Å². The lowest BCUT2D eigenvalue weighted by Crippen LogP contribution is -2.43. The van der Waals surface area contributed by atoms with Gasteiger partial charge in [-0.15, -0.1) is 11.3 Å². The van der Waals surface area contributed by atoms with Crippen LogP contribution in [0.3, 0.4) is 0 Å². The molecule has 0 bridgehead atoms. The maximum Gasteiger partial charge on any atom is 0.339 e. The van der Waals surface area contributed by atoms with E-state index in [2.05, 4.69) is 5.32 Å². The number of hydrogen-bond donors (Lipinski definition) is 1. The van der Waals surface area contributed by atoms with Crippen LogP contribution in [0.15, 0.2) is 41.8 Å². The molecular formula is C16H13NO4S. The highest BCUT2D eigenvalue weighted by atomic mass is 32.1. The minimum absolute atomic E-state index is 0.102. The molecule has 5 nitrogen and oxygen atoms in total. The van der Waals surface area contributed by atoms with Gasteiger partial charge in [0.2, 0.25) is 0 Å². The monoisotopic (exact) mass is 315 g/mol. The Bertz CT molecular complexity index is 724. The number of carbonyl (C=O) groups excluding carboxylic acids is 3. The summed E-state index contributed by atoms with van der Waals surface area (Å²) >= 11 is 1.32. The Balaban J connectivity index is 1.62. The number of hydrogen-bond acceptors (Lipinski definition) is 5. The summed E-state index contributed by atoms with van der Waals surface area (Å²) in [5.41, 5.74) is 1.27. The number of ketones is 1. The van der Waals surface area contributed by atoms with Crippen molar-refractivity contribution in [3.8, 4) is 0 Å². The van der Waals surface area contributed by atoms with Crippen molar-refractivity contribution in [3.63, 3.8) is 0 Å². The number of nitrogens with one attached hydrogen (secondary N) is 1. The maximum atomic E-state index is 12.1. The molecule has 0 radical (unpaired) electrons. The molecule has 0 aliphatic carbocycles. The molecule has 2 aromatic rings. The van der Waals surface area contributed by atoms with Crippen LogP contribution in [0.25, 0.3) is 0 Å². The SMILES string of the molecule is O=C(CNC(=O)[C@@H]1Cc2ccccc2C(=O)O1)c1cccs1. The van der Waals surface area contributed by atoms with Crippen molar-refractivity contribution in [2.24, 2.45) is 0 Å². The van der Waals surface area contributed by atoms with Crippen LogP contribution in [0, 0.1) is 0 Å². The Morgan fingerprint density at radius 2 is 2.05 bits per heavy atom. The summed E-state index contributed by atoms with van der Waals surface area (Å²) in [5.74, 6) is -1.12. The molecule has 1 amide bonds. The van der Waals surface area contributed by atoms with Crippen LogP contribution < -0.4 is 5.32 Å². The molecule has 6 heteroatoms. The van der Waals surface area contributed by atoms with Crippen molar-refractivity contribution in [1.82, 2.24) is 5.32 Å². The summed E-state index contributed by atoms with van der Waals surface area (Å²) < 4.78 is 5.14. The molecule has 1 N–H and O–H groups in total. The highest BCUT2D eigenvalue weighted by Crippen LogP contribution is 2.20. The second-order valence-corrected chi connectivity index (χ2v) is 5.82. The molecule has 22 heavy (non-hydrogen) atoms. The van der Waals surface area contributed by atoms with Gasteiger partial charge in [0.05, 0.1) is 17.0 Å². The molecular weight excluding hydrogens is 302 g/mol. The van der Waals surface area contributed by atoms with Crippen LogP contribution in [-0.4, -0.2) is 30.3 Å². The lowest BCUT2D eigenvalue weighted by atomic mass is 9.98. The Hall–Kier alpha value is -2.47. The van der Waals surface area contributed by atoms with Gasteiger partial charge in [0.15, 0.2) is 11.9 Å². The summed E-state index contributed by atoms with van der Waals surface area (Å²) in [4.78, 5) is 36.4. The first-order valence-electron chi connectivity index (χ1n) is 6.78. The van der Waals surface area contributed by atoms with Crippen LogP contribution in [0.1, 0.15) is 25.6 Å². The highest BCUT2D eigenvalue weighted by molar-refractivity contribution is 7.12. The second-order valence-electron chi connectivity index (χ2n) is 4.87. The number of fused-ring (bicyclic) bond motifs is 1. The number of carbonyl (C=O) groups is 3. The van der Waals surface area contributed by atoms with E-state index in [1.165, 1.54) is 11.3 Å². The zero-order valence-electron chi connectivity index (χ0n) is 11.6. The number of ether oxygens (including phenoxy) is 1. The first-order valence-corrected chi connectivity index (χ1v) is 7.66. The number of benzene rings is 1. The molecule has 112 valence electrons. The minimum atomic E-state index is -0.890. The van der Waals surface area contributed by atoms with E-state index >= 15 is 0 Å². The van der Waals surface area contributed by atoms with E-state index in [1.807, 2.05) is 6.07 Å². The Morgan fingerprint density at radius 3 is 2.82 bits per heavy atom. The third kappa shape index (κ3) is 2.92. The van der Waals surface area contributed by atoms with Gasteiger partial charge in [0, 0.05) is 6.42 Å². The normalized spacial score (nSPS) is 16.5. The van der Waals surface area contributed by atoms with Gasteiger partial charge in [-0.05, 0) is 23.1 Å². The number of Topliss-reactive ketones (excluding diaryl/α,β-unsaturated/α-hetero) is 1. The number of cyclic esters (lactones) is 1. The van der Waals surface area contributed by atoms with E-state index in [0.29, 0.717) is 16.9 Å². The molecule has 3 rings (SSSR count). The van der Waals surface area contributed by atoms with Crippen molar-refractivity contribution in [2.45, 2.75) is 12.5 Å². The Labute approximate surface area is 130 Å². The minimum Gasteiger partial charge on any atom is -0.448 e. The molecule has 0 saturated heterocycles. The van der Waals surface area contributed by atoms with Gasteiger partial charge in [-0.2, -0.15) is 0 Å². The third-order valence-corrected chi connectivity index (χ3v) is 4.31. The van der Waals surface area contributed by atoms with Gasteiger partial charge in [-0.25, -0.2) is 4.79 Å². The maximum absolute atomic E-state index is 12.1. The fourth-order valence-corrected chi connectivity index (χ4v) is 2.95. The summed E-state index contributed by atoms with van der Waals surface area (Å²) in [6, 6.07) is 10.5. The van der Waals surface area contributed by atoms with E-state index in [9.17, 15) is 14.4 Å². The quantitative estimate of drug-likeness (QED) is 0.690. The standard InChI is InChI=1S/C16H13NO4S/c18-12(14-6-3-7-22-14)9-17-15(19)13-8-10-4-1-2-5-11(10)16(20)21-13/h1-7,13H,8-9H2,(H,17,19)/t13-/m0/s1. The number of thiophene rings is 1. The lowest BCUT2D eigenvalue weighted by Gasteiger charge is -2.23. The van der Waals surface area contributed by atoms with Crippen LogP contribution in [0.4, 0.5) is 0 Å². The smallest absolute Gasteiger partial charge is 0.339 e. The van der Waals surface area contributed by atoms with Crippen LogP contribution in [0.5, 0.6) is 0 Å². The van der Waals surface area contributed by atoms with E-state index in [0.717, 1.165) is 5.56 Å². The van der Waals surface area contributed by atoms with Crippen molar-refractivity contribution < 1.29 is 19.1 Å². The molecule has 0 fully saturated rings. The van der Waals surface area contributed by atoms with Crippen molar-refractivity contribution in [1.29, 1.82) is 0 Å². The van der Waals surface area contributed by atoms with E-state index in [4.69, 9.17) is 4.74 Å². The van der Waals surface area contributed by atoms with Gasteiger partial charge >= 0.3 is 5.97 Å². The molecule has 1 aliphatic rings. The van der Waals surface area contributed by atoms with E-state index in [-0.39, 0.29) is 12.3 Å². The fourth-order valence-electron chi connectivity index (χ4n) is 2.28. The third-order valence-electron chi connectivity index (χ3n) is 3.40. The van der Waals surface area contributed by atoms with Crippen LogP contribution in [-0.2, 0) is 16.0 Å². The van der Waals surface area contributed by atoms with Gasteiger partial charge in [-0.3, -0.25) is 9.59 Å². The molecule has 0 spiro atoms. The lowest BCUT2D eigenvalue weighted by molar-refractivity contribution is -0.130. The molecule has 0 unspecified atom stereocenters. The van der Waals surface area contributed by atoms with Crippen LogP contribution in [0.2, 0.25) is 0 Å². The highest BCUT2D eigenvalue weighted by Gasteiger charge is 2.31. The first kappa shape index (κ1) is 14.5. The number of rotatable bonds is 4. The molecule has 1 aliphatic heterocycles. The zero-order chi connectivity index (χ0) is 15.5. The number of esters is 1. The van der Waals surface area contributed by atoms with Crippen molar-refractivity contribution >= 4 is 29.0 Å². The Kier molecular flexibility index (Phi) is 4.02. The summed E-state index contributed by atoms with van der Waals surface area (Å²) in [7, 11) is 0.